The van der Waals surface area contributed by atoms with Gasteiger partial charge in [0.15, 0.2) is 36.6 Å². The highest BCUT2D eigenvalue weighted by Gasteiger charge is 2.51. The molecule has 16 nitrogen and oxygen atoms in total. The fraction of sp³-hybridized carbons (Fsp3) is 0.500. The molecule has 0 unspecified atom stereocenters. The smallest absolute Gasteiger partial charge is 0.303 e. The number of hydrogen-bond donors (Lipinski definition) is 0. The number of thioether (sulfide) groups is 2. The van der Waals surface area contributed by atoms with Crippen molar-refractivity contribution in [2.75, 3.05) is 13.2 Å². The molecule has 270 valence electrons. The lowest BCUT2D eigenvalue weighted by Crippen LogP contribution is -2.56. The molecule has 0 saturated carbocycles. The Morgan fingerprint density at radius 3 is 1.12 bits per heavy atom. The molecule has 2 heterocycles. The normalized spacial score (nSPS) is 27.7. The Hall–Kier alpha value is -4.26. The van der Waals surface area contributed by atoms with Gasteiger partial charge in [0, 0.05) is 52.7 Å². The summed E-state index contributed by atoms with van der Waals surface area (Å²) in [4.78, 5) is 100. The maximum atomic E-state index is 14.1. The number of carbonyl (C=O) groups is 8. The molecule has 0 radical (unpaired) electrons. The van der Waals surface area contributed by atoms with E-state index in [4.69, 9.17) is 37.9 Å². The summed E-state index contributed by atoms with van der Waals surface area (Å²) in [7, 11) is 0. The molecule has 1 aromatic rings. The van der Waals surface area contributed by atoms with E-state index in [9.17, 15) is 38.4 Å². The molecule has 0 N–H and O–H groups in total. The van der Waals surface area contributed by atoms with Crippen LogP contribution in [0.1, 0.15) is 62.3 Å². The first kappa shape index (κ1) is 38.5. The van der Waals surface area contributed by atoms with Crippen LogP contribution in [0.2, 0.25) is 0 Å². The van der Waals surface area contributed by atoms with Gasteiger partial charge in [-0.3, -0.25) is 38.4 Å². The minimum absolute atomic E-state index is 0.0485. The number of allylic oxidation sites excluding steroid dienone is 2. The molecule has 1 aliphatic carbocycles. The lowest BCUT2D eigenvalue weighted by molar-refractivity contribution is -0.213. The molecular weight excluding hydrogens is 704 g/mol. The van der Waals surface area contributed by atoms with E-state index in [1.165, 1.54) is 12.1 Å². The van der Waals surface area contributed by atoms with Crippen LogP contribution in [0.5, 0.6) is 0 Å². The number of esters is 6. The molecule has 3 aliphatic rings. The summed E-state index contributed by atoms with van der Waals surface area (Å²) in [5.74, 6) is -5.92. The summed E-state index contributed by atoms with van der Waals surface area (Å²) in [6.07, 6.45) is -7.96. The zero-order chi connectivity index (χ0) is 36.9. The number of fused-ring (bicyclic) bond motifs is 1. The van der Waals surface area contributed by atoms with E-state index in [-0.39, 0.29) is 34.2 Å². The van der Waals surface area contributed by atoms with Gasteiger partial charge in [0.25, 0.3) is 0 Å². The maximum absolute atomic E-state index is 14.1. The average Bonchev–Trinajstić information content (AvgIpc) is 3.01. The minimum atomic E-state index is -1.43. The Balaban J connectivity index is 1.80. The summed E-state index contributed by atoms with van der Waals surface area (Å²) in [5.41, 5.74) is -2.48. The first-order chi connectivity index (χ1) is 23.6. The van der Waals surface area contributed by atoms with Crippen molar-refractivity contribution < 1.29 is 76.3 Å². The van der Waals surface area contributed by atoms with Crippen LogP contribution in [0, 0.1) is 0 Å². The zero-order valence-electron chi connectivity index (χ0n) is 27.7. The van der Waals surface area contributed by atoms with Gasteiger partial charge in [-0.15, -0.1) is 0 Å². The molecule has 2 fully saturated rings. The van der Waals surface area contributed by atoms with Gasteiger partial charge in [0.1, 0.15) is 10.9 Å². The van der Waals surface area contributed by atoms with Crippen molar-refractivity contribution in [1.82, 2.24) is 0 Å². The van der Waals surface area contributed by atoms with Crippen molar-refractivity contribution in [3.8, 4) is 0 Å². The van der Waals surface area contributed by atoms with Gasteiger partial charge in [0.05, 0.1) is 23.0 Å². The van der Waals surface area contributed by atoms with E-state index in [1.54, 1.807) is 12.1 Å². The fourth-order valence-electron chi connectivity index (χ4n) is 5.40. The van der Waals surface area contributed by atoms with Gasteiger partial charge < -0.3 is 37.9 Å². The molecule has 8 atom stereocenters. The number of hydrogen-bond acceptors (Lipinski definition) is 18. The fourth-order valence-corrected chi connectivity index (χ4v) is 7.97. The predicted molar refractivity (Wildman–Crippen MR) is 170 cm³/mol. The summed E-state index contributed by atoms with van der Waals surface area (Å²) >= 11 is 1.38. The Bertz CT molecular complexity index is 1490. The Labute approximate surface area is 294 Å². The lowest BCUT2D eigenvalue weighted by atomic mass is 9.94. The molecule has 2 saturated heterocycles. The zero-order valence-corrected chi connectivity index (χ0v) is 29.3. The van der Waals surface area contributed by atoms with Crippen LogP contribution >= 0.6 is 23.5 Å². The highest BCUT2D eigenvalue weighted by atomic mass is 32.2. The van der Waals surface area contributed by atoms with E-state index >= 15 is 0 Å². The quantitative estimate of drug-likeness (QED) is 0.248. The van der Waals surface area contributed by atoms with Crippen LogP contribution in [0.25, 0.3) is 0 Å². The summed E-state index contributed by atoms with van der Waals surface area (Å²) in [6.45, 7) is 5.95. The van der Waals surface area contributed by atoms with Crippen LogP contribution in [-0.2, 0) is 66.7 Å². The second-order valence-electron chi connectivity index (χ2n) is 11.1. The molecule has 0 amide bonds. The van der Waals surface area contributed by atoms with Crippen molar-refractivity contribution in [1.29, 1.82) is 0 Å². The van der Waals surface area contributed by atoms with E-state index in [0.717, 1.165) is 41.5 Å². The summed E-state index contributed by atoms with van der Waals surface area (Å²) in [6, 6.07) is 6.01. The number of carbonyl (C=O) groups excluding carboxylic acids is 8. The van der Waals surface area contributed by atoms with Crippen molar-refractivity contribution in [2.45, 2.75) is 89.0 Å². The van der Waals surface area contributed by atoms with E-state index in [1.807, 2.05) is 0 Å². The molecule has 4 rings (SSSR count). The molecule has 1 aromatic carbocycles. The average molecular weight is 739 g/mol. The minimum Gasteiger partial charge on any atom is -0.456 e. The third-order valence-electron chi connectivity index (χ3n) is 7.11. The molecule has 18 heteroatoms. The molecule has 0 spiro atoms. The third-order valence-corrected chi connectivity index (χ3v) is 9.77. The second kappa shape index (κ2) is 16.6. The second-order valence-corrected chi connectivity index (χ2v) is 13.3. The van der Waals surface area contributed by atoms with Gasteiger partial charge in [-0.05, 0) is 0 Å². The number of ketones is 2. The van der Waals surface area contributed by atoms with E-state index < -0.39 is 94.9 Å². The number of ether oxygens (including phenoxy) is 8. The molecule has 0 aromatic heterocycles. The van der Waals surface area contributed by atoms with Crippen molar-refractivity contribution in [3.05, 3.63) is 45.2 Å². The van der Waals surface area contributed by atoms with Crippen molar-refractivity contribution >= 4 is 70.9 Å². The predicted octanol–water partition coefficient (Wildman–Crippen LogP) is 2.05. The lowest BCUT2D eigenvalue weighted by Gasteiger charge is -2.41. The van der Waals surface area contributed by atoms with Crippen LogP contribution in [-0.4, -0.2) is 108 Å². The van der Waals surface area contributed by atoms with E-state index in [2.05, 4.69) is 0 Å². The number of rotatable bonds is 10. The highest BCUT2D eigenvalue weighted by Crippen LogP contribution is 2.46. The first-order valence-corrected chi connectivity index (χ1v) is 16.9. The Morgan fingerprint density at radius 2 is 0.820 bits per heavy atom. The standard InChI is InChI=1S/C32H34O16S2/c1-13(33)43-21-11-41-31(27(47-17(5)37)25(21)45-15(3)35)49-29-23(39)19-9-7-8-10-20(19)24(40)30(29)50-32-28(48-18(6)38)26(46-16(4)36)22(12-42-32)44-14(2)34/h7-10,21-22,25-28,31-32H,11-12H2,1-6H3/t21-,22-,25+,26+,27-,28-,31+,32+/m1/s1. The van der Waals surface area contributed by atoms with Gasteiger partial charge in [0.2, 0.25) is 11.6 Å². The SMILES string of the molecule is CC(=O)O[C@@H]1[C@@H](OC(C)=O)[C@H](SC2=C(S[C@@H]3OC[C@@H](OC(C)=O)[C@H](OC(C)=O)[C@H]3OC(C)=O)C(=O)c3ccccc3C2=O)OC[C@H]1OC(C)=O. The van der Waals surface area contributed by atoms with Crippen molar-refractivity contribution in [2.24, 2.45) is 0 Å². The first-order valence-electron chi connectivity index (χ1n) is 15.1. The Kier molecular flexibility index (Phi) is 12.8. The summed E-state index contributed by atoms with van der Waals surface area (Å²) < 4.78 is 44.2. The highest BCUT2D eigenvalue weighted by molar-refractivity contribution is 8.08. The topological polar surface area (TPSA) is 210 Å². The van der Waals surface area contributed by atoms with E-state index in [0.29, 0.717) is 23.5 Å². The number of benzene rings is 1. The van der Waals surface area contributed by atoms with Gasteiger partial charge in [-0.1, -0.05) is 47.8 Å². The van der Waals surface area contributed by atoms with Gasteiger partial charge in [-0.25, -0.2) is 0 Å². The van der Waals surface area contributed by atoms with Crippen LogP contribution in [0.15, 0.2) is 34.1 Å². The molecule has 50 heavy (non-hydrogen) atoms. The largest absolute Gasteiger partial charge is 0.456 e. The monoisotopic (exact) mass is 738 g/mol. The van der Waals surface area contributed by atoms with Crippen LogP contribution in [0.3, 0.4) is 0 Å². The van der Waals surface area contributed by atoms with Crippen molar-refractivity contribution in [3.63, 3.8) is 0 Å². The van der Waals surface area contributed by atoms with Gasteiger partial charge >= 0.3 is 35.8 Å². The third kappa shape index (κ3) is 9.29. The molecular formula is C32H34O16S2. The molecule has 0 bridgehead atoms. The van der Waals surface area contributed by atoms with Gasteiger partial charge in [-0.2, -0.15) is 0 Å². The Morgan fingerprint density at radius 1 is 0.520 bits per heavy atom. The molecule has 2 aliphatic heterocycles. The summed E-state index contributed by atoms with van der Waals surface area (Å²) in [5, 5.41) is 0. The van der Waals surface area contributed by atoms with Crippen LogP contribution < -0.4 is 0 Å². The van der Waals surface area contributed by atoms with Crippen LogP contribution in [0.4, 0.5) is 0 Å². The maximum Gasteiger partial charge on any atom is 0.303 e. The number of Topliss-reactive ketones (excluding diaryl/α,β-unsaturated/α-hetero) is 2.